The van der Waals surface area contributed by atoms with Gasteiger partial charge in [0.15, 0.2) is 0 Å². The molecule has 9 heteroatoms. The molecular formula is C19H23N3O5S. The van der Waals surface area contributed by atoms with Crippen LogP contribution in [0.5, 0.6) is 0 Å². The van der Waals surface area contributed by atoms with Gasteiger partial charge in [-0.15, -0.1) is 0 Å². The van der Waals surface area contributed by atoms with E-state index in [0.717, 1.165) is 27.8 Å². The van der Waals surface area contributed by atoms with E-state index in [1.165, 1.54) is 25.1 Å². The Morgan fingerprint density at radius 2 is 1.75 bits per heavy atom. The molecule has 1 N–H and O–H groups in total. The second-order valence-electron chi connectivity index (χ2n) is 6.65. The maximum Gasteiger partial charge on any atom is 0.271 e. The first-order chi connectivity index (χ1) is 13.0. The molecule has 0 spiro atoms. The Balaban J connectivity index is 2.29. The number of aryl methyl sites for hydroxylation is 1. The normalized spacial score (nSPS) is 13.4. The first kappa shape index (κ1) is 21.4. The third kappa shape index (κ3) is 5.07. The van der Waals surface area contributed by atoms with Crippen LogP contribution in [0.3, 0.4) is 0 Å². The van der Waals surface area contributed by atoms with E-state index in [1.54, 1.807) is 6.92 Å². The molecule has 0 saturated heterocycles. The zero-order chi connectivity index (χ0) is 21.1. The highest BCUT2D eigenvalue weighted by Crippen LogP contribution is 2.25. The molecule has 28 heavy (non-hydrogen) atoms. The van der Waals surface area contributed by atoms with E-state index in [2.05, 4.69) is 5.32 Å². The zero-order valence-corrected chi connectivity index (χ0v) is 16.9. The number of nitro groups is 1. The van der Waals surface area contributed by atoms with Crippen molar-refractivity contribution in [3.05, 3.63) is 69.8 Å². The Labute approximate surface area is 164 Å². The largest absolute Gasteiger partial charge is 0.348 e. The highest BCUT2D eigenvalue weighted by atomic mass is 32.2. The monoisotopic (exact) mass is 405 g/mol. The Hall–Kier alpha value is -2.94. The van der Waals surface area contributed by atoms with Crippen molar-refractivity contribution >= 4 is 27.3 Å². The fourth-order valence-corrected chi connectivity index (χ4v) is 3.99. The molecule has 0 radical (unpaired) electrons. The molecule has 0 aliphatic heterocycles. The molecule has 0 aliphatic rings. The van der Waals surface area contributed by atoms with Crippen molar-refractivity contribution in [3.8, 4) is 0 Å². The van der Waals surface area contributed by atoms with E-state index in [-0.39, 0.29) is 17.4 Å². The van der Waals surface area contributed by atoms with Gasteiger partial charge in [0.1, 0.15) is 6.04 Å². The molecule has 150 valence electrons. The summed E-state index contributed by atoms with van der Waals surface area (Å²) in [5.74, 6) is -0.509. The SMILES string of the molecule is Cc1ccc([C@H](C)NC(=O)[C@H](C)N(c2cccc([N+](=O)[O-])c2)S(C)(=O)=O)cc1. The predicted molar refractivity (Wildman–Crippen MR) is 108 cm³/mol. The van der Waals surface area contributed by atoms with Crippen molar-refractivity contribution in [2.24, 2.45) is 0 Å². The van der Waals surface area contributed by atoms with Crippen molar-refractivity contribution in [1.82, 2.24) is 5.32 Å². The summed E-state index contributed by atoms with van der Waals surface area (Å²) in [5, 5.41) is 13.8. The number of nitrogens with one attached hydrogen (secondary N) is 1. The van der Waals surface area contributed by atoms with Crippen LogP contribution in [-0.4, -0.2) is 31.5 Å². The lowest BCUT2D eigenvalue weighted by molar-refractivity contribution is -0.384. The van der Waals surface area contributed by atoms with E-state index in [9.17, 15) is 23.3 Å². The molecule has 1 amide bonds. The van der Waals surface area contributed by atoms with Gasteiger partial charge in [-0.25, -0.2) is 8.42 Å². The minimum absolute atomic E-state index is 0.0577. The second-order valence-corrected chi connectivity index (χ2v) is 8.51. The average Bonchev–Trinajstić information content (AvgIpc) is 2.61. The number of benzene rings is 2. The van der Waals surface area contributed by atoms with E-state index in [4.69, 9.17) is 0 Å². The number of sulfonamides is 1. The standard InChI is InChI=1S/C19H23N3O5S/c1-13-8-10-16(11-9-13)14(2)20-19(23)15(3)21(28(4,26)27)17-6-5-7-18(12-17)22(24)25/h5-12,14-15H,1-4H3,(H,20,23)/t14-,15-/m0/s1. The van der Waals surface area contributed by atoms with Crippen molar-refractivity contribution < 1.29 is 18.1 Å². The first-order valence-corrected chi connectivity index (χ1v) is 10.5. The van der Waals surface area contributed by atoms with Crippen LogP contribution in [0.2, 0.25) is 0 Å². The zero-order valence-electron chi connectivity index (χ0n) is 16.1. The highest BCUT2D eigenvalue weighted by molar-refractivity contribution is 7.92. The van der Waals surface area contributed by atoms with E-state index < -0.39 is 26.9 Å². The molecule has 2 aromatic rings. The van der Waals surface area contributed by atoms with Crippen LogP contribution in [0.4, 0.5) is 11.4 Å². The number of rotatable bonds is 7. The van der Waals surface area contributed by atoms with Crippen molar-refractivity contribution in [3.63, 3.8) is 0 Å². The van der Waals surface area contributed by atoms with Crippen LogP contribution >= 0.6 is 0 Å². The molecule has 0 aromatic heterocycles. The Kier molecular flexibility index (Phi) is 6.40. The lowest BCUT2D eigenvalue weighted by Crippen LogP contribution is -2.48. The minimum atomic E-state index is -3.86. The number of non-ortho nitro benzene ring substituents is 1. The van der Waals surface area contributed by atoms with Crippen LogP contribution in [0, 0.1) is 17.0 Å². The lowest BCUT2D eigenvalue weighted by atomic mass is 10.1. The average molecular weight is 405 g/mol. The number of anilines is 1. The molecule has 2 aromatic carbocycles. The fourth-order valence-electron chi connectivity index (χ4n) is 2.82. The third-order valence-corrected chi connectivity index (χ3v) is 5.56. The van der Waals surface area contributed by atoms with Gasteiger partial charge in [-0.3, -0.25) is 19.2 Å². The molecule has 0 heterocycles. The summed E-state index contributed by atoms with van der Waals surface area (Å²) in [4.78, 5) is 23.1. The van der Waals surface area contributed by atoms with Gasteiger partial charge in [0.2, 0.25) is 15.9 Å². The number of carbonyl (C=O) groups excluding carboxylic acids is 1. The van der Waals surface area contributed by atoms with Gasteiger partial charge in [-0.1, -0.05) is 35.9 Å². The number of nitrogens with zero attached hydrogens (tertiary/aromatic N) is 2. The summed E-state index contributed by atoms with van der Waals surface area (Å²) in [6.07, 6.45) is 0.957. The summed E-state index contributed by atoms with van der Waals surface area (Å²) < 4.78 is 25.5. The van der Waals surface area contributed by atoms with Crippen LogP contribution in [0.25, 0.3) is 0 Å². The van der Waals surface area contributed by atoms with Gasteiger partial charge >= 0.3 is 0 Å². The van der Waals surface area contributed by atoms with Crippen molar-refractivity contribution in [1.29, 1.82) is 0 Å². The van der Waals surface area contributed by atoms with Crippen LogP contribution in [0.15, 0.2) is 48.5 Å². The van der Waals surface area contributed by atoms with Gasteiger partial charge in [0.05, 0.1) is 22.9 Å². The number of nitro benzene ring substituents is 1. The molecule has 0 saturated carbocycles. The predicted octanol–water partition coefficient (Wildman–Crippen LogP) is 2.94. The van der Waals surface area contributed by atoms with Gasteiger partial charge < -0.3 is 5.32 Å². The maximum absolute atomic E-state index is 12.7. The Morgan fingerprint density at radius 3 is 2.29 bits per heavy atom. The Bertz CT molecular complexity index is 973. The summed E-state index contributed by atoms with van der Waals surface area (Å²) in [5.41, 5.74) is 1.77. The summed E-state index contributed by atoms with van der Waals surface area (Å²) >= 11 is 0. The molecular weight excluding hydrogens is 382 g/mol. The van der Waals surface area contributed by atoms with Gasteiger partial charge in [0, 0.05) is 12.1 Å². The fraction of sp³-hybridized carbons (Fsp3) is 0.316. The van der Waals surface area contributed by atoms with E-state index in [0.29, 0.717) is 0 Å². The van der Waals surface area contributed by atoms with Gasteiger partial charge in [0.25, 0.3) is 5.69 Å². The molecule has 0 fully saturated rings. The van der Waals surface area contributed by atoms with Gasteiger partial charge in [-0.05, 0) is 32.4 Å². The lowest BCUT2D eigenvalue weighted by Gasteiger charge is -2.29. The maximum atomic E-state index is 12.7. The highest BCUT2D eigenvalue weighted by Gasteiger charge is 2.30. The topological polar surface area (TPSA) is 110 Å². The summed E-state index contributed by atoms with van der Waals surface area (Å²) in [6, 6.07) is 11.4. The quantitative estimate of drug-likeness (QED) is 0.563. The smallest absolute Gasteiger partial charge is 0.271 e. The number of amides is 1. The number of hydrogen-bond donors (Lipinski definition) is 1. The van der Waals surface area contributed by atoms with Crippen LogP contribution in [0.1, 0.15) is 31.0 Å². The first-order valence-electron chi connectivity index (χ1n) is 8.61. The van der Waals surface area contributed by atoms with E-state index in [1.807, 2.05) is 31.2 Å². The second kappa shape index (κ2) is 8.39. The molecule has 8 nitrogen and oxygen atoms in total. The minimum Gasteiger partial charge on any atom is -0.348 e. The van der Waals surface area contributed by atoms with Crippen molar-refractivity contribution in [2.45, 2.75) is 32.9 Å². The molecule has 2 atom stereocenters. The molecule has 0 aliphatic carbocycles. The number of hydrogen-bond acceptors (Lipinski definition) is 5. The van der Waals surface area contributed by atoms with Crippen molar-refractivity contribution in [2.75, 3.05) is 10.6 Å². The molecule has 0 bridgehead atoms. The number of carbonyl (C=O) groups is 1. The van der Waals surface area contributed by atoms with Crippen LogP contribution < -0.4 is 9.62 Å². The summed E-state index contributed by atoms with van der Waals surface area (Å²) in [6.45, 7) is 5.20. The molecule has 0 unspecified atom stereocenters. The third-order valence-electron chi connectivity index (χ3n) is 4.32. The van der Waals surface area contributed by atoms with Crippen LogP contribution in [-0.2, 0) is 14.8 Å². The summed E-state index contributed by atoms with van der Waals surface area (Å²) in [7, 11) is -3.86. The molecule has 2 rings (SSSR count). The van der Waals surface area contributed by atoms with Gasteiger partial charge in [-0.2, -0.15) is 0 Å². The van der Waals surface area contributed by atoms with E-state index >= 15 is 0 Å². The Morgan fingerprint density at radius 1 is 1.14 bits per heavy atom.